The third-order valence-corrected chi connectivity index (χ3v) is 19.1. The topological polar surface area (TPSA) is 138 Å². The molecule has 16 aromatic rings. The average molecular weight is 1830 g/mol. The number of hydrogen-bond acceptors (Lipinski definition) is 8. The summed E-state index contributed by atoms with van der Waals surface area (Å²) in [5.74, 6) is -2.16. The van der Waals surface area contributed by atoms with E-state index in [4.69, 9.17) is 20.0 Å². The van der Waals surface area contributed by atoms with Crippen LogP contribution in [0, 0.1) is 23.3 Å². The van der Waals surface area contributed by atoms with Crippen LogP contribution < -0.4 is 27.0 Å². The molecule has 18 heteroatoms. The van der Waals surface area contributed by atoms with Crippen LogP contribution in [0.25, 0.3) is 84.5 Å². The number of halogens is 8. The van der Waals surface area contributed by atoms with Crippen molar-refractivity contribution in [1.82, 2.24) is 9.97 Å². The first-order valence-corrected chi connectivity index (χ1v) is 39.4. The van der Waals surface area contributed by atoms with Crippen molar-refractivity contribution in [2.24, 2.45) is 0 Å². The molecule has 0 aliphatic carbocycles. The highest BCUT2D eigenvalue weighted by molar-refractivity contribution is 9.11. The van der Waals surface area contributed by atoms with Crippen molar-refractivity contribution in [3.05, 3.63) is 471 Å². The zero-order valence-corrected chi connectivity index (χ0v) is 70.4. The maximum atomic E-state index is 14.2. The molecule has 0 saturated heterocycles. The monoisotopic (exact) mass is 1830 g/mol. The molecule has 0 saturated carbocycles. The average Bonchev–Trinajstić information content (AvgIpc) is 0.800. The molecule has 0 aliphatic heterocycles. The van der Waals surface area contributed by atoms with Gasteiger partial charge in [-0.15, -0.1) is 0 Å². The molecule has 3 aromatic heterocycles. The normalized spacial score (nSPS) is 10.2. The van der Waals surface area contributed by atoms with Gasteiger partial charge >= 0.3 is 7.12 Å². The molecule has 0 aliphatic rings. The SMILES string of the molecule is Brc1ccc(-c2cc(-c3ccccc3)nc(-c3ccccc3)c2)cc1.CC(=O)c1ccccc1.Fc1ccc(F)c(-c2ccc(-c3cc(-c4ccccc4)nc(-c4ccccc4)c3)cc2)c1.O=C(/C=C/c1ccc(Br)cc1)c1ccccc1.O=C(C[n+]1ccccc1)c1ccccc1.O=Cc1ccc(Br)cc1.OB(O)c1cc(F)ccc1F.[Br-]. The minimum atomic E-state index is -1.97. The van der Waals surface area contributed by atoms with Gasteiger partial charge in [0.1, 0.15) is 29.6 Å². The number of nitrogens with zero attached hydrogens (tertiary/aromatic N) is 3. The number of rotatable bonds is 16. The number of aromatic nitrogens is 3. The molecule has 0 amide bonds. The van der Waals surface area contributed by atoms with Crippen molar-refractivity contribution in [2.75, 3.05) is 0 Å². The Morgan fingerprint density at radius 1 is 0.361 bits per heavy atom. The Labute approximate surface area is 725 Å². The van der Waals surface area contributed by atoms with E-state index in [9.17, 15) is 36.7 Å². The summed E-state index contributed by atoms with van der Waals surface area (Å²) in [5, 5.41) is 17.0. The van der Waals surface area contributed by atoms with E-state index in [0.29, 0.717) is 23.2 Å². The van der Waals surface area contributed by atoms with Gasteiger partial charge in [0.2, 0.25) is 12.3 Å². The number of Topliss-reactive ketones (excluding diaryl/α,β-unsaturated/α-hetero) is 2. The number of ketones is 3. The summed E-state index contributed by atoms with van der Waals surface area (Å²) in [6.45, 7) is 1.96. The molecule has 0 fully saturated rings. The molecule has 0 bridgehead atoms. The Bertz CT molecular complexity index is 5780. The molecule has 119 heavy (non-hydrogen) atoms. The van der Waals surface area contributed by atoms with Crippen LogP contribution in [0.4, 0.5) is 17.6 Å². The largest absolute Gasteiger partial charge is 1.00 e. The van der Waals surface area contributed by atoms with E-state index in [0.717, 1.165) is 123 Å². The van der Waals surface area contributed by atoms with Crippen molar-refractivity contribution in [2.45, 2.75) is 13.5 Å². The quantitative estimate of drug-likeness (QED) is 0.0244. The van der Waals surface area contributed by atoms with Crippen LogP contribution in [0.2, 0.25) is 0 Å². The Morgan fingerprint density at radius 2 is 0.697 bits per heavy atom. The summed E-state index contributed by atoms with van der Waals surface area (Å²) in [6, 6.07) is 120. The maximum absolute atomic E-state index is 14.2. The summed E-state index contributed by atoms with van der Waals surface area (Å²) in [4.78, 5) is 54.1. The van der Waals surface area contributed by atoms with E-state index in [-0.39, 0.29) is 39.9 Å². The zero-order valence-electron chi connectivity index (χ0n) is 64.0. The van der Waals surface area contributed by atoms with E-state index in [1.54, 1.807) is 25.1 Å². The van der Waals surface area contributed by atoms with Crippen molar-refractivity contribution in [1.29, 1.82) is 0 Å². The molecular formula is C101H76BBr4F4N3O6. The van der Waals surface area contributed by atoms with E-state index in [1.807, 2.05) is 290 Å². The molecule has 0 spiro atoms. The van der Waals surface area contributed by atoms with Crippen LogP contribution in [0.5, 0.6) is 0 Å². The fourth-order valence-corrected chi connectivity index (χ4v) is 12.2. The Kier molecular flexibility index (Phi) is 36.1. The van der Waals surface area contributed by atoms with Gasteiger partial charge in [-0.25, -0.2) is 27.5 Å². The minimum Gasteiger partial charge on any atom is -1.00 e. The molecule has 0 unspecified atom stereocenters. The Hall–Kier alpha value is -12.6. The van der Waals surface area contributed by atoms with E-state index < -0.39 is 35.9 Å². The van der Waals surface area contributed by atoms with Crippen LogP contribution in [0.3, 0.4) is 0 Å². The second kappa shape index (κ2) is 47.5. The van der Waals surface area contributed by atoms with Crippen molar-refractivity contribution >= 4 is 90.1 Å². The number of pyridine rings is 3. The van der Waals surface area contributed by atoms with Gasteiger partial charge in [0.05, 0.1) is 22.8 Å². The molecule has 2 N–H and O–H groups in total. The highest BCUT2D eigenvalue weighted by Gasteiger charge is 2.18. The van der Waals surface area contributed by atoms with Gasteiger partial charge in [0.25, 0.3) is 0 Å². The summed E-state index contributed by atoms with van der Waals surface area (Å²) < 4.78 is 57.6. The van der Waals surface area contributed by atoms with Gasteiger partial charge in [-0.2, -0.15) is 4.57 Å². The molecular weight excluding hydrogens is 1760 g/mol. The van der Waals surface area contributed by atoms with Gasteiger partial charge < -0.3 is 27.0 Å². The van der Waals surface area contributed by atoms with Gasteiger partial charge in [-0.05, 0) is 143 Å². The summed E-state index contributed by atoms with van der Waals surface area (Å²) in [5.41, 5.74) is 16.8. The third kappa shape index (κ3) is 29.2. The van der Waals surface area contributed by atoms with Gasteiger partial charge in [0.15, 0.2) is 24.0 Å². The van der Waals surface area contributed by atoms with Crippen molar-refractivity contribution < 1.29 is 68.3 Å². The number of allylic oxidation sites excluding steroid dienone is 1. The van der Waals surface area contributed by atoms with E-state index in [1.165, 1.54) is 17.2 Å². The number of hydrogen-bond donors (Lipinski definition) is 2. The number of carbonyl (C=O) groups is 4. The van der Waals surface area contributed by atoms with Crippen LogP contribution in [0.1, 0.15) is 53.9 Å². The van der Waals surface area contributed by atoms with Gasteiger partial charge in [-0.1, -0.05) is 333 Å². The molecule has 0 radical (unpaired) electrons. The molecule has 13 aromatic carbocycles. The summed E-state index contributed by atoms with van der Waals surface area (Å²) in [7, 11) is -1.97. The lowest BCUT2D eigenvalue weighted by Gasteiger charge is -2.11. The lowest BCUT2D eigenvalue weighted by Crippen LogP contribution is -3.00. The third-order valence-electron chi connectivity index (χ3n) is 17.5. The van der Waals surface area contributed by atoms with Gasteiger partial charge in [0, 0.05) is 81.1 Å². The minimum absolute atomic E-state index is 0. The highest BCUT2D eigenvalue weighted by atomic mass is 79.9. The van der Waals surface area contributed by atoms with Crippen molar-refractivity contribution in [3.63, 3.8) is 0 Å². The number of benzene rings is 13. The van der Waals surface area contributed by atoms with Crippen molar-refractivity contribution in [3.8, 4) is 78.4 Å². The highest BCUT2D eigenvalue weighted by Crippen LogP contribution is 2.34. The second-order valence-electron chi connectivity index (χ2n) is 26.0. The lowest BCUT2D eigenvalue weighted by atomic mass is 9.80. The van der Waals surface area contributed by atoms with Crippen LogP contribution in [-0.2, 0) is 6.54 Å². The lowest BCUT2D eigenvalue weighted by molar-refractivity contribution is -0.683. The first kappa shape index (κ1) is 90.3. The first-order valence-electron chi connectivity index (χ1n) is 37.0. The van der Waals surface area contributed by atoms with Crippen LogP contribution in [-0.4, -0.2) is 50.8 Å². The zero-order chi connectivity index (χ0) is 83.4. The summed E-state index contributed by atoms with van der Waals surface area (Å²) in [6.07, 6.45) is 8.02. The van der Waals surface area contributed by atoms with Crippen LogP contribution >= 0.6 is 47.8 Å². The Balaban J connectivity index is 0.000000166. The molecule has 3 heterocycles. The fourth-order valence-electron chi connectivity index (χ4n) is 11.4. The number of aldehydes is 1. The second-order valence-corrected chi connectivity index (χ2v) is 28.8. The molecule has 16 rings (SSSR count). The molecule has 9 nitrogen and oxygen atoms in total. The predicted octanol–water partition coefficient (Wildman–Crippen LogP) is 21.9. The molecule has 0 atom stereocenters. The van der Waals surface area contributed by atoms with E-state index in [2.05, 4.69) is 121 Å². The van der Waals surface area contributed by atoms with E-state index >= 15 is 0 Å². The standard InChI is InChI=1S/C29H19F2N.C23H16BrN.C15H11BrO.C13H12NO.C8H8O.C7H5BrO.C6H5BF2O2.BrH/c30-25-15-16-27(31)26(19-25)21-13-11-20(12-14-21)24-17-28(22-7-3-1-4-8-22)32-29(18-24)23-9-5-2-6-10-23;24-21-13-11-17(12-14-21)20-15-22(18-7-3-1-4-8-18)25-23(16-20)19-9-5-2-6-10-19;16-14-9-6-12(7-10-14)8-11-15(17)13-4-2-1-3-5-13;15-13(12-7-3-1-4-8-12)11-14-9-5-2-6-10-14;1-7(9)8-5-3-2-4-6-8;8-7-3-1-6(5-9)2-4-7;8-4-1-2-6(9)5(3-4)7(10)11;/h1-19H;1-16H;1-11H;1-10H,11H2;2-6H,1H3;1-5H;1-3,10-11H;1H/q;;;+1;;;;/p-1/b;;11-8+;;;;;. The predicted molar refractivity (Wildman–Crippen MR) is 478 cm³/mol. The molecule has 590 valence electrons. The van der Waals surface area contributed by atoms with Gasteiger partial charge in [-0.3, -0.25) is 19.2 Å². The first-order chi connectivity index (χ1) is 57.3. The number of carbonyl (C=O) groups excluding carboxylic acids is 4. The Morgan fingerprint density at radius 3 is 1.08 bits per heavy atom. The van der Waals surface area contributed by atoms with Crippen LogP contribution in [0.15, 0.2) is 420 Å². The maximum Gasteiger partial charge on any atom is 0.491 e. The smallest absolute Gasteiger partial charge is 0.491 e. The summed E-state index contributed by atoms with van der Waals surface area (Å²) >= 11 is 10.1. The fraction of sp³-hybridized carbons (Fsp3) is 0.0198.